The minimum absolute atomic E-state index is 0.0232. The molecule has 1 aliphatic rings. The van der Waals surface area contributed by atoms with Gasteiger partial charge in [0.1, 0.15) is 5.69 Å². The van der Waals surface area contributed by atoms with Gasteiger partial charge in [-0.2, -0.15) is 0 Å². The second kappa shape index (κ2) is 8.64. The molecule has 0 saturated carbocycles. The number of pyridine rings is 1. The first-order valence-corrected chi connectivity index (χ1v) is 9.17. The molecule has 0 bridgehead atoms. The molecular weight excluding hydrogens is 342 g/mol. The van der Waals surface area contributed by atoms with Crippen molar-refractivity contribution in [2.75, 3.05) is 43.4 Å². The Morgan fingerprint density at radius 3 is 2.41 bits per heavy atom. The lowest BCUT2D eigenvalue weighted by molar-refractivity contribution is -0.114. The van der Waals surface area contributed by atoms with E-state index in [1.54, 1.807) is 12.3 Å². The maximum Gasteiger partial charge on any atom is 0.272 e. The van der Waals surface area contributed by atoms with Gasteiger partial charge in [-0.05, 0) is 36.9 Å². The number of hydrogen-bond acceptors (Lipinski definition) is 5. The van der Waals surface area contributed by atoms with Crippen LogP contribution in [-0.4, -0.2) is 59.3 Å². The third kappa shape index (κ3) is 5.04. The Balaban J connectivity index is 1.62. The molecule has 7 heteroatoms. The van der Waals surface area contributed by atoms with Crippen LogP contribution in [0, 0.1) is 0 Å². The van der Waals surface area contributed by atoms with Crippen molar-refractivity contribution in [3.05, 3.63) is 48.3 Å². The zero-order valence-corrected chi connectivity index (χ0v) is 15.7. The van der Waals surface area contributed by atoms with Crippen molar-refractivity contribution >= 4 is 28.9 Å². The maximum absolute atomic E-state index is 12.6. The molecule has 0 aliphatic carbocycles. The molecule has 142 valence electrons. The van der Waals surface area contributed by atoms with E-state index in [1.165, 1.54) is 6.92 Å². The molecule has 1 aromatic carbocycles. The van der Waals surface area contributed by atoms with Crippen LogP contribution in [-0.2, 0) is 4.79 Å². The lowest BCUT2D eigenvalue weighted by Gasteiger charge is -2.33. The molecule has 2 heterocycles. The number of hydrogen-bond donors (Lipinski definition) is 2. The van der Waals surface area contributed by atoms with E-state index in [4.69, 9.17) is 0 Å². The van der Waals surface area contributed by atoms with Crippen LogP contribution in [0.5, 0.6) is 0 Å². The average Bonchev–Trinajstić information content (AvgIpc) is 2.68. The summed E-state index contributed by atoms with van der Waals surface area (Å²) in [6.07, 6.45) is 1.65. The fraction of sp³-hybridized carbons (Fsp3) is 0.350. The number of aromatic nitrogens is 1. The van der Waals surface area contributed by atoms with Gasteiger partial charge in [0, 0.05) is 44.5 Å². The van der Waals surface area contributed by atoms with Gasteiger partial charge >= 0.3 is 0 Å². The van der Waals surface area contributed by atoms with Crippen molar-refractivity contribution in [2.45, 2.75) is 13.8 Å². The summed E-state index contributed by atoms with van der Waals surface area (Å²) in [5, 5.41) is 5.98. The molecule has 1 aromatic heterocycles. The van der Waals surface area contributed by atoms with Crippen molar-refractivity contribution in [2.24, 2.45) is 0 Å². The molecule has 0 atom stereocenters. The zero-order chi connectivity index (χ0) is 19.2. The lowest BCUT2D eigenvalue weighted by Crippen LogP contribution is -2.48. The first-order valence-electron chi connectivity index (χ1n) is 9.17. The highest BCUT2D eigenvalue weighted by atomic mass is 16.2. The average molecular weight is 367 g/mol. The number of carbonyl (C=O) groups excluding carboxylic acids is 2. The summed E-state index contributed by atoms with van der Waals surface area (Å²) in [5.41, 5.74) is 2.79. The molecule has 2 N–H and O–H groups in total. The number of rotatable bonds is 5. The fourth-order valence-electron chi connectivity index (χ4n) is 3.07. The Labute approximate surface area is 159 Å². The van der Waals surface area contributed by atoms with Crippen LogP contribution in [0.15, 0.2) is 42.6 Å². The van der Waals surface area contributed by atoms with Gasteiger partial charge in [-0.25, -0.2) is 4.98 Å². The van der Waals surface area contributed by atoms with Crippen LogP contribution in [0.2, 0.25) is 0 Å². The Morgan fingerprint density at radius 2 is 1.78 bits per heavy atom. The number of anilines is 3. The largest absolute Gasteiger partial charge is 0.354 e. The third-order valence-corrected chi connectivity index (χ3v) is 4.56. The first-order chi connectivity index (χ1) is 13.0. The van der Waals surface area contributed by atoms with E-state index < -0.39 is 0 Å². The van der Waals surface area contributed by atoms with E-state index in [0.29, 0.717) is 5.69 Å². The van der Waals surface area contributed by atoms with Gasteiger partial charge in [-0.15, -0.1) is 0 Å². The second-order valence-corrected chi connectivity index (χ2v) is 6.55. The number of nitrogens with zero attached hydrogens (tertiary/aromatic N) is 3. The van der Waals surface area contributed by atoms with Crippen molar-refractivity contribution in [1.29, 1.82) is 0 Å². The van der Waals surface area contributed by atoms with Crippen LogP contribution in [0.4, 0.5) is 17.1 Å². The van der Waals surface area contributed by atoms with Gasteiger partial charge in [0.2, 0.25) is 5.91 Å². The van der Waals surface area contributed by atoms with E-state index in [-0.39, 0.29) is 11.8 Å². The molecule has 0 unspecified atom stereocenters. The number of likely N-dealkylation sites (N-methyl/N-ethyl adjacent to an activating group) is 1. The molecule has 1 aliphatic heterocycles. The highest BCUT2D eigenvalue weighted by Crippen LogP contribution is 2.20. The van der Waals surface area contributed by atoms with E-state index in [9.17, 15) is 9.59 Å². The number of amides is 2. The van der Waals surface area contributed by atoms with Gasteiger partial charge < -0.3 is 20.4 Å². The number of nitrogens with one attached hydrogen (secondary N) is 2. The van der Waals surface area contributed by atoms with E-state index in [0.717, 1.165) is 49.8 Å². The third-order valence-electron chi connectivity index (χ3n) is 4.56. The summed E-state index contributed by atoms with van der Waals surface area (Å²) in [6, 6.07) is 11.0. The fourth-order valence-corrected chi connectivity index (χ4v) is 3.07. The van der Waals surface area contributed by atoms with Gasteiger partial charge in [-0.1, -0.05) is 13.0 Å². The molecule has 27 heavy (non-hydrogen) atoms. The molecule has 3 rings (SSSR count). The van der Waals surface area contributed by atoms with Crippen LogP contribution >= 0.6 is 0 Å². The quantitative estimate of drug-likeness (QED) is 0.849. The summed E-state index contributed by atoms with van der Waals surface area (Å²) in [6.45, 7) is 7.93. The minimum Gasteiger partial charge on any atom is -0.354 e. The number of carbonyl (C=O) groups is 2. The summed E-state index contributed by atoms with van der Waals surface area (Å²) in [7, 11) is 0. The van der Waals surface area contributed by atoms with Gasteiger partial charge in [0.05, 0.1) is 11.9 Å². The van der Waals surface area contributed by atoms with E-state index in [2.05, 4.69) is 27.4 Å². The molecule has 1 saturated heterocycles. The van der Waals surface area contributed by atoms with Crippen molar-refractivity contribution in [3.63, 3.8) is 0 Å². The SMILES string of the molecule is CCN1CCN(C(=O)c2ccc(Nc3cccc(NC(C)=O)c3)cn2)CC1. The molecule has 1 fully saturated rings. The molecular formula is C20H25N5O2. The van der Waals surface area contributed by atoms with Gasteiger partial charge in [-0.3, -0.25) is 9.59 Å². The van der Waals surface area contributed by atoms with E-state index in [1.807, 2.05) is 35.2 Å². The Kier molecular flexibility index (Phi) is 6.03. The summed E-state index contributed by atoms with van der Waals surface area (Å²) < 4.78 is 0. The summed E-state index contributed by atoms with van der Waals surface area (Å²) in [5.74, 6) is -0.138. The molecule has 2 aromatic rings. The van der Waals surface area contributed by atoms with Crippen molar-refractivity contribution < 1.29 is 9.59 Å². The second-order valence-electron chi connectivity index (χ2n) is 6.55. The Hall–Kier alpha value is -2.93. The molecule has 2 amide bonds. The van der Waals surface area contributed by atoms with Crippen LogP contribution < -0.4 is 10.6 Å². The standard InChI is InChI=1S/C20H25N5O2/c1-3-24-9-11-25(12-10-24)20(27)19-8-7-18(14-21-19)23-17-6-4-5-16(13-17)22-15(2)26/h4-8,13-14,23H,3,9-12H2,1-2H3,(H,22,26). The van der Waals surface area contributed by atoms with Crippen molar-refractivity contribution in [3.8, 4) is 0 Å². The predicted octanol–water partition coefficient (Wildman–Crippen LogP) is 2.56. The van der Waals surface area contributed by atoms with Crippen LogP contribution in [0.3, 0.4) is 0 Å². The smallest absolute Gasteiger partial charge is 0.272 e. The predicted molar refractivity (Wildman–Crippen MR) is 106 cm³/mol. The lowest BCUT2D eigenvalue weighted by atomic mass is 10.2. The molecule has 7 nitrogen and oxygen atoms in total. The minimum atomic E-state index is -0.114. The van der Waals surface area contributed by atoms with Gasteiger partial charge in [0.25, 0.3) is 5.91 Å². The zero-order valence-electron chi connectivity index (χ0n) is 15.7. The van der Waals surface area contributed by atoms with Gasteiger partial charge in [0.15, 0.2) is 0 Å². The normalized spacial score (nSPS) is 14.7. The topological polar surface area (TPSA) is 77.6 Å². The Morgan fingerprint density at radius 1 is 1.04 bits per heavy atom. The highest BCUT2D eigenvalue weighted by molar-refractivity contribution is 5.92. The maximum atomic E-state index is 12.6. The monoisotopic (exact) mass is 367 g/mol. The summed E-state index contributed by atoms with van der Waals surface area (Å²) >= 11 is 0. The summed E-state index contributed by atoms with van der Waals surface area (Å²) in [4.78, 5) is 32.3. The first kappa shape index (κ1) is 18.8. The van der Waals surface area contributed by atoms with E-state index >= 15 is 0 Å². The molecule has 0 spiro atoms. The Bertz CT molecular complexity index is 798. The molecule has 0 radical (unpaired) electrons. The number of piperazine rings is 1. The number of benzene rings is 1. The van der Waals surface area contributed by atoms with Crippen molar-refractivity contribution in [1.82, 2.24) is 14.8 Å². The van der Waals surface area contributed by atoms with Crippen LogP contribution in [0.25, 0.3) is 0 Å². The van der Waals surface area contributed by atoms with Crippen LogP contribution in [0.1, 0.15) is 24.3 Å². The highest BCUT2D eigenvalue weighted by Gasteiger charge is 2.22.